The average molecular weight is 277 g/mol. The fraction of sp³-hybridized carbons (Fsp3) is 0.143. The summed E-state index contributed by atoms with van der Waals surface area (Å²) >= 11 is 0. The second-order valence-corrected chi connectivity index (χ2v) is 6.09. The summed E-state index contributed by atoms with van der Waals surface area (Å²) in [6.07, 6.45) is 0. The number of para-hydroxylation sites is 1. The molecule has 2 aromatic carbocycles. The quantitative estimate of drug-likeness (QED) is 0.875. The molecule has 0 fully saturated rings. The summed E-state index contributed by atoms with van der Waals surface area (Å²) in [6, 6.07) is 11.2. The van der Waals surface area contributed by atoms with Gasteiger partial charge >= 0.3 is 0 Å². The van der Waals surface area contributed by atoms with E-state index in [1.807, 2.05) is 0 Å². The Labute approximate surface area is 112 Å². The predicted molar refractivity (Wildman–Crippen MR) is 74.0 cm³/mol. The highest BCUT2D eigenvalue weighted by atomic mass is 32.2. The molecule has 5 heteroatoms. The minimum Gasteiger partial charge on any atom is -0.495 e. The molecule has 0 radical (unpaired) electrons. The maximum atomic E-state index is 12.6. The number of aryl methyl sites for hydroxylation is 1. The first-order valence-electron chi connectivity index (χ1n) is 5.71. The van der Waals surface area contributed by atoms with Crippen LogP contribution in [0.3, 0.4) is 0 Å². The van der Waals surface area contributed by atoms with Gasteiger partial charge in [-0.05, 0) is 42.8 Å². The van der Waals surface area contributed by atoms with Gasteiger partial charge in [0.1, 0.15) is 10.6 Å². The molecule has 0 atom stereocenters. The third-order valence-electron chi connectivity index (χ3n) is 2.91. The van der Waals surface area contributed by atoms with Crippen molar-refractivity contribution < 1.29 is 13.2 Å². The molecule has 0 aliphatic carbocycles. The van der Waals surface area contributed by atoms with Gasteiger partial charge in [0.15, 0.2) is 0 Å². The Kier molecular flexibility index (Phi) is 3.48. The van der Waals surface area contributed by atoms with Crippen LogP contribution in [0.4, 0.5) is 5.69 Å². The lowest BCUT2D eigenvalue weighted by Crippen LogP contribution is -2.05. The van der Waals surface area contributed by atoms with Crippen LogP contribution in [0.2, 0.25) is 0 Å². The number of anilines is 1. The number of hydrogen-bond acceptors (Lipinski definition) is 4. The van der Waals surface area contributed by atoms with E-state index in [9.17, 15) is 8.42 Å². The molecular weight excluding hydrogens is 262 g/mol. The number of methoxy groups -OCH3 is 1. The molecule has 0 amide bonds. The molecule has 2 rings (SSSR count). The van der Waals surface area contributed by atoms with Crippen molar-refractivity contribution in [3.8, 4) is 5.75 Å². The Hall–Kier alpha value is -2.01. The number of benzene rings is 2. The van der Waals surface area contributed by atoms with Crippen molar-refractivity contribution in [1.29, 1.82) is 0 Å². The molecule has 2 aromatic rings. The van der Waals surface area contributed by atoms with Crippen molar-refractivity contribution in [2.75, 3.05) is 12.8 Å². The van der Waals surface area contributed by atoms with E-state index >= 15 is 0 Å². The highest BCUT2D eigenvalue weighted by Crippen LogP contribution is 2.30. The van der Waals surface area contributed by atoms with Crippen molar-refractivity contribution >= 4 is 15.5 Å². The van der Waals surface area contributed by atoms with Crippen molar-refractivity contribution in [2.24, 2.45) is 0 Å². The van der Waals surface area contributed by atoms with Crippen LogP contribution in [0.1, 0.15) is 5.56 Å². The standard InChI is InChI=1S/C14H15NO3S/c1-10-9-11(7-8-12(10)15)19(16,17)14-6-4-3-5-13(14)18-2/h3-9H,15H2,1-2H3. The zero-order valence-electron chi connectivity index (χ0n) is 10.8. The second kappa shape index (κ2) is 4.93. The van der Waals surface area contributed by atoms with Gasteiger partial charge in [-0.15, -0.1) is 0 Å². The smallest absolute Gasteiger partial charge is 0.210 e. The molecule has 0 saturated carbocycles. The van der Waals surface area contributed by atoms with Crippen LogP contribution in [0.15, 0.2) is 52.3 Å². The largest absolute Gasteiger partial charge is 0.495 e. The topological polar surface area (TPSA) is 69.4 Å². The lowest BCUT2D eigenvalue weighted by atomic mass is 10.2. The number of hydrogen-bond donors (Lipinski definition) is 1. The molecule has 19 heavy (non-hydrogen) atoms. The van der Waals surface area contributed by atoms with E-state index in [0.717, 1.165) is 5.56 Å². The van der Waals surface area contributed by atoms with Crippen molar-refractivity contribution in [2.45, 2.75) is 16.7 Å². The van der Waals surface area contributed by atoms with E-state index < -0.39 is 9.84 Å². The van der Waals surface area contributed by atoms with Crippen LogP contribution in [-0.2, 0) is 9.84 Å². The predicted octanol–water partition coefficient (Wildman–Crippen LogP) is 2.42. The summed E-state index contributed by atoms with van der Waals surface area (Å²) in [6.45, 7) is 1.77. The Morgan fingerprint density at radius 2 is 1.79 bits per heavy atom. The molecule has 100 valence electrons. The maximum absolute atomic E-state index is 12.6. The number of nitrogens with two attached hydrogens (primary N) is 1. The Morgan fingerprint density at radius 3 is 2.42 bits per heavy atom. The van der Waals surface area contributed by atoms with Gasteiger partial charge in [0.25, 0.3) is 0 Å². The van der Waals surface area contributed by atoms with Gasteiger partial charge in [0, 0.05) is 5.69 Å². The molecule has 4 nitrogen and oxygen atoms in total. The minimum atomic E-state index is -3.60. The van der Waals surface area contributed by atoms with Gasteiger partial charge in [-0.3, -0.25) is 0 Å². The van der Waals surface area contributed by atoms with E-state index in [2.05, 4.69) is 0 Å². The fourth-order valence-electron chi connectivity index (χ4n) is 1.78. The molecule has 0 heterocycles. The van der Waals surface area contributed by atoms with Crippen LogP contribution in [0.5, 0.6) is 5.75 Å². The van der Waals surface area contributed by atoms with Gasteiger partial charge < -0.3 is 10.5 Å². The molecule has 0 saturated heterocycles. The van der Waals surface area contributed by atoms with Crippen LogP contribution < -0.4 is 10.5 Å². The molecule has 0 spiro atoms. The van der Waals surface area contributed by atoms with Crippen LogP contribution in [0, 0.1) is 6.92 Å². The van der Waals surface area contributed by atoms with E-state index in [-0.39, 0.29) is 9.79 Å². The van der Waals surface area contributed by atoms with Gasteiger partial charge in [-0.25, -0.2) is 8.42 Å². The summed E-state index contributed by atoms with van der Waals surface area (Å²) in [5, 5.41) is 0. The first-order valence-corrected chi connectivity index (χ1v) is 7.19. The summed E-state index contributed by atoms with van der Waals surface area (Å²) in [7, 11) is -2.15. The molecule has 2 N–H and O–H groups in total. The van der Waals surface area contributed by atoms with Gasteiger partial charge in [-0.1, -0.05) is 12.1 Å². The monoisotopic (exact) mass is 277 g/mol. The van der Waals surface area contributed by atoms with Gasteiger partial charge in [0.05, 0.1) is 12.0 Å². The SMILES string of the molecule is COc1ccccc1S(=O)(=O)c1ccc(N)c(C)c1. The van der Waals surface area contributed by atoms with E-state index in [1.165, 1.54) is 19.2 Å². The zero-order valence-corrected chi connectivity index (χ0v) is 11.6. The molecule has 0 aliphatic rings. The third-order valence-corrected chi connectivity index (χ3v) is 4.70. The molecular formula is C14H15NO3S. The normalized spacial score (nSPS) is 11.3. The zero-order chi connectivity index (χ0) is 14.0. The Bertz CT molecular complexity index is 708. The minimum absolute atomic E-state index is 0.154. The molecule has 0 bridgehead atoms. The number of rotatable bonds is 3. The highest BCUT2D eigenvalue weighted by molar-refractivity contribution is 7.91. The first-order chi connectivity index (χ1) is 8.96. The van der Waals surface area contributed by atoms with E-state index in [4.69, 9.17) is 10.5 Å². The van der Waals surface area contributed by atoms with Gasteiger partial charge in [0.2, 0.25) is 9.84 Å². The summed E-state index contributed by atoms with van der Waals surface area (Å²) in [4.78, 5) is 0.366. The van der Waals surface area contributed by atoms with E-state index in [0.29, 0.717) is 11.4 Å². The summed E-state index contributed by atoms with van der Waals surface area (Å²) < 4.78 is 30.2. The Balaban J connectivity index is 2.62. The first kappa shape index (κ1) is 13.4. The van der Waals surface area contributed by atoms with E-state index in [1.54, 1.807) is 37.3 Å². The summed E-state index contributed by atoms with van der Waals surface area (Å²) in [5.74, 6) is 0.331. The molecule has 0 unspecified atom stereocenters. The Morgan fingerprint density at radius 1 is 1.11 bits per heavy atom. The molecule has 0 aromatic heterocycles. The van der Waals surface area contributed by atoms with Crippen LogP contribution in [0.25, 0.3) is 0 Å². The summed E-state index contributed by atoms with van der Waals surface area (Å²) in [5.41, 5.74) is 7.01. The fourth-order valence-corrected chi connectivity index (χ4v) is 3.29. The van der Waals surface area contributed by atoms with Crippen molar-refractivity contribution in [3.05, 3.63) is 48.0 Å². The lowest BCUT2D eigenvalue weighted by molar-refractivity contribution is 0.402. The number of sulfone groups is 1. The maximum Gasteiger partial charge on any atom is 0.210 e. The second-order valence-electron chi connectivity index (χ2n) is 4.17. The average Bonchev–Trinajstić information content (AvgIpc) is 2.41. The number of ether oxygens (including phenoxy) is 1. The van der Waals surface area contributed by atoms with Crippen molar-refractivity contribution in [1.82, 2.24) is 0 Å². The number of nitrogen functional groups attached to an aromatic ring is 1. The lowest BCUT2D eigenvalue weighted by Gasteiger charge is -2.10. The van der Waals surface area contributed by atoms with Crippen molar-refractivity contribution in [3.63, 3.8) is 0 Å². The molecule has 0 aliphatic heterocycles. The van der Waals surface area contributed by atoms with Crippen LogP contribution in [-0.4, -0.2) is 15.5 Å². The third kappa shape index (κ3) is 2.42. The van der Waals surface area contributed by atoms with Crippen LogP contribution >= 0.6 is 0 Å². The van der Waals surface area contributed by atoms with Gasteiger partial charge in [-0.2, -0.15) is 0 Å². The highest BCUT2D eigenvalue weighted by Gasteiger charge is 2.22.